The van der Waals surface area contributed by atoms with E-state index in [2.05, 4.69) is 22.5 Å². The average Bonchev–Trinajstić information content (AvgIpc) is 2.40. The van der Waals surface area contributed by atoms with Gasteiger partial charge in [0.15, 0.2) is 0 Å². The fourth-order valence-electron chi connectivity index (χ4n) is 2.52. The minimum Gasteiger partial charge on any atom is -0.326 e. The Hall–Kier alpha value is -1.42. The Labute approximate surface area is 108 Å². The topological polar surface area (TPSA) is 54.0 Å². The number of piperidine rings is 1. The monoisotopic (exact) mass is 247 g/mol. The van der Waals surface area contributed by atoms with Crippen LogP contribution in [0.3, 0.4) is 0 Å². The third-order valence-electron chi connectivity index (χ3n) is 3.66. The summed E-state index contributed by atoms with van der Waals surface area (Å²) in [5.74, 6) is 1.23. The second kappa shape index (κ2) is 6.50. The third kappa shape index (κ3) is 3.81. The molecule has 0 bridgehead atoms. The molecule has 2 rings (SSSR count). The Morgan fingerprint density at radius 2 is 2.11 bits per heavy atom. The van der Waals surface area contributed by atoms with Gasteiger partial charge in [-0.1, -0.05) is 6.92 Å². The zero-order valence-corrected chi connectivity index (χ0v) is 10.9. The molecule has 1 saturated heterocycles. The van der Waals surface area contributed by atoms with Crippen LogP contribution >= 0.6 is 0 Å². The number of amides is 1. The quantitative estimate of drug-likeness (QED) is 0.856. The molecule has 4 nitrogen and oxygen atoms in total. The lowest BCUT2D eigenvalue weighted by atomic mass is 9.84. The lowest BCUT2D eigenvalue weighted by Gasteiger charge is -2.27. The van der Waals surface area contributed by atoms with E-state index in [0.717, 1.165) is 18.8 Å². The zero-order valence-electron chi connectivity index (χ0n) is 10.9. The summed E-state index contributed by atoms with van der Waals surface area (Å²) in [6.45, 7) is 4.35. The summed E-state index contributed by atoms with van der Waals surface area (Å²) < 4.78 is 0. The number of anilines is 1. The Morgan fingerprint density at radius 1 is 1.44 bits per heavy atom. The smallest absolute Gasteiger partial charge is 0.224 e. The Balaban J connectivity index is 1.79. The van der Waals surface area contributed by atoms with E-state index < -0.39 is 0 Å². The van der Waals surface area contributed by atoms with E-state index >= 15 is 0 Å². The maximum Gasteiger partial charge on any atom is 0.224 e. The predicted octanol–water partition coefficient (Wildman–Crippen LogP) is 2.05. The summed E-state index contributed by atoms with van der Waals surface area (Å²) >= 11 is 0. The van der Waals surface area contributed by atoms with Crippen LogP contribution in [0.15, 0.2) is 24.5 Å². The molecule has 1 aromatic rings. The highest BCUT2D eigenvalue weighted by atomic mass is 16.1. The standard InChI is InChI=1S/C14H21N3O/c1-11(12-2-6-15-7-3-12)10-14(18)17-13-4-8-16-9-5-13/h4-5,8-9,11-12,15H,2-3,6-7,10H2,1H3,(H,16,17,18). The van der Waals surface area contributed by atoms with Crippen LogP contribution in [-0.4, -0.2) is 24.0 Å². The number of pyridine rings is 1. The predicted molar refractivity (Wildman–Crippen MR) is 72.2 cm³/mol. The summed E-state index contributed by atoms with van der Waals surface area (Å²) in [6.07, 6.45) is 6.35. The van der Waals surface area contributed by atoms with Crippen molar-refractivity contribution >= 4 is 11.6 Å². The molecule has 1 aromatic heterocycles. The molecule has 0 saturated carbocycles. The normalized spacial score (nSPS) is 18.3. The molecule has 1 fully saturated rings. The number of hydrogen-bond donors (Lipinski definition) is 2. The maximum atomic E-state index is 11.9. The van der Waals surface area contributed by atoms with Gasteiger partial charge < -0.3 is 10.6 Å². The van der Waals surface area contributed by atoms with E-state index in [1.165, 1.54) is 12.8 Å². The molecule has 1 unspecified atom stereocenters. The molecule has 1 aliphatic heterocycles. The molecular weight excluding hydrogens is 226 g/mol. The molecule has 2 N–H and O–H groups in total. The van der Waals surface area contributed by atoms with Crippen LogP contribution in [0.4, 0.5) is 5.69 Å². The Kier molecular flexibility index (Phi) is 4.70. The van der Waals surface area contributed by atoms with Gasteiger partial charge in [0, 0.05) is 24.5 Å². The minimum atomic E-state index is 0.104. The van der Waals surface area contributed by atoms with Crippen LogP contribution in [0.25, 0.3) is 0 Å². The number of aromatic nitrogens is 1. The molecule has 0 spiro atoms. The summed E-state index contributed by atoms with van der Waals surface area (Å²) in [4.78, 5) is 15.8. The van der Waals surface area contributed by atoms with E-state index in [1.54, 1.807) is 12.4 Å². The molecule has 18 heavy (non-hydrogen) atoms. The highest BCUT2D eigenvalue weighted by molar-refractivity contribution is 5.90. The number of nitrogens with zero attached hydrogens (tertiary/aromatic N) is 1. The molecule has 1 atom stereocenters. The van der Waals surface area contributed by atoms with Crippen LogP contribution < -0.4 is 10.6 Å². The maximum absolute atomic E-state index is 11.9. The second-order valence-corrected chi connectivity index (χ2v) is 5.05. The van der Waals surface area contributed by atoms with Crippen molar-refractivity contribution in [3.05, 3.63) is 24.5 Å². The van der Waals surface area contributed by atoms with Gasteiger partial charge in [-0.15, -0.1) is 0 Å². The van der Waals surface area contributed by atoms with Crippen molar-refractivity contribution in [1.82, 2.24) is 10.3 Å². The third-order valence-corrected chi connectivity index (χ3v) is 3.66. The molecule has 98 valence electrons. The fourth-order valence-corrected chi connectivity index (χ4v) is 2.52. The average molecular weight is 247 g/mol. The van der Waals surface area contributed by atoms with Gasteiger partial charge in [0.1, 0.15) is 0 Å². The van der Waals surface area contributed by atoms with E-state index in [1.807, 2.05) is 12.1 Å². The highest BCUT2D eigenvalue weighted by Gasteiger charge is 2.21. The lowest BCUT2D eigenvalue weighted by Crippen LogP contribution is -2.32. The summed E-state index contributed by atoms with van der Waals surface area (Å²) in [7, 11) is 0. The first kappa shape index (κ1) is 13.0. The van der Waals surface area contributed by atoms with Gasteiger partial charge in [0.25, 0.3) is 0 Å². The number of carbonyl (C=O) groups is 1. The number of rotatable bonds is 4. The van der Waals surface area contributed by atoms with E-state index in [4.69, 9.17) is 0 Å². The van der Waals surface area contributed by atoms with E-state index in [-0.39, 0.29) is 5.91 Å². The van der Waals surface area contributed by atoms with Crippen molar-refractivity contribution < 1.29 is 4.79 Å². The fraction of sp³-hybridized carbons (Fsp3) is 0.571. The first-order chi connectivity index (χ1) is 8.75. The zero-order chi connectivity index (χ0) is 12.8. The van der Waals surface area contributed by atoms with Crippen LogP contribution in [0.2, 0.25) is 0 Å². The second-order valence-electron chi connectivity index (χ2n) is 5.05. The molecule has 1 amide bonds. The van der Waals surface area contributed by atoms with Gasteiger partial charge in [-0.3, -0.25) is 9.78 Å². The first-order valence-electron chi connectivity index (χ1n) is 6.66. The first-order valence-corrected chi connectivity index (χ1v) is 6.66. The highest BCUT2D eigenvalue weighted by Crippen LogP contribution is 2.24. The lowest BCUT2D eigenvalue weighted by molar-refractivity contribution is -0.117. The summed E-state index contributed by atoms with van der Waals surface area (Å²) in [5, 5.41) is 6.27. The van der Waals surface area contributed by atoms with Crippen LogP contribution in [0.5, 0.6) is 0 Å². The van der Waals surface area contributed by atoms with Crippen LogP contribution in [-0.2, 0) is 4.79 Å². The SMILES string of the molecule is CC(CC(=O)Nc1ccncc1)C1CCNCC1. The summed E-state index contributed by atoms with van der Waals surface area (Å²) in [6, 6.07) is 3.63. The Morgan fingerprint density at radius 3 is 2.78 bits per heavy atom. The Bertz CT molecular complexity index is 374. The van der Waals surface area contributed by atoms with Crippen molar-refractivity contribution in [3.63, 3.8) is 0 Å². The van der Waals surface area contributed by atoms with E-state index in [0.29, 0.717) is 18.3 Å². The van der Waals surface area contributed by atoms with Gasteiger partial charge >= 0.3 is 0 Å². The van der Waals surface area contributed by atoms with Gasteiger partial charge in [-0.05, 0) is 49.9 Å². The van der Waals surface area contributed by atoms with Crippen molar-refractivity contribution in [1.29, 1.82) is 0 Å². The molecule has 4 heteroatoms. The van der Waals surface area contributed by atoms with Crippen molar-refractivity contribution in [2.24, 2.45) is 11.8 Å². The number of carbonyl (C=O) groups excluding carboxylic acids is 1. The molecule has 0 radical (unpaired) electrons. The van der Waals surface area contributed by atoms with Crippen LogP contribution in [0, 0.1) is 11.8 Å². The molecule has 0 aliphatic carbocycles. The molecule has 0 aromatic carbocycles. The van der Waals surface area contributed by atoms with Crippen LogP contribution in [0.1, 0.15) is 26.2 Å². The van der Waals surface area contributed by atoms with Gasteiger partial charge in [-0.25, -0.2) is 0 Å². The van der Waals surface area contributed by atoms with Gasteiger partial charge in [0.2, 0.25) is 5.91 Å². The summed E-state index contributed by atoms with van der Waals surface area (Å²) in [5.41, 5.74) is 0.826. The minimum absolute atomic E-state index is 0.104. The van der Waals surface area contributed by atoms with Crippen molar-refractivity contribution in [2.75, 3.05) is 18.4 Å². The largest absolute Gasteiger partial charge is 0.326 e. The molecular formula is C14H21N3O. The van der Waals surface area contributed by atoms with Gasteiger partial charge in [-0.2, -0.15) is 0 Å². The molecule has 2 heterocycles. The van der Waals surface area contributed by atoms with E-state index in [9.17, 15) is 4.79 Å². The van der Waals surface area contributed by atoms with Gasteiger partial charge in [0.05, 0.1) is 0 Å². The van der Waals surface area contributed by atoms with Crippen molar-refractivity contribution in [2.45, 2.75) is 26.2 Å². The molecule has 1 aliphatic rings. The van der Waals surface area contributed by atoms with Crippen molar-refractivity contribution in [3.8, 4) is 0 Å². The number of nitrogens with one attached hydrogen (secondary N) is 2. The number of hydrogen-bond acceptors (Lipinski definition) is 3.